The van der Waals surface area contributed by atoms with Gasteiger partial charge in [-0.05, 0) is 24.1 Å². The van der Waals surface area contributed by atoms with Crippen LogP contribution in [0.5, 0.6) is 5.75 Å². The van der Waals surface area contributed by atoms with E-state index < -0.39 is 0 Å². The number of nitrogens with zero attached hydrogens (tertiary/aromatic N) is 1. The summed E-state index contributed by atoms with van der Waals surface area (Å²) >= 11 is 0. The van der Waals surface area contributed by atoms with E-state index in [0.29, 0.717) is 6.54 Å². The van der Waals surface area contributed by atoms with Crippen LogP contribution in [-0.4, -0.2) is 31.0 Å². The minimum atomic E-state index is -0.386. The lowest BCUT2D eigenvalue weighted by Gasteiger charge is -2.21. The van der Waals surface area contributed by atoms with Crippen LogP contribution in [0.4, 0.5) is 0 Å². The van der Waals surface area contributed by atoms with Gasteiger partial charge in [0.15, 0.2) is 0 Å². The highest BCUT2D eigenvalue weighted by Crippen LogP contribution is 2.13. The second-order valence-electron chi connectivity index (χ2n) is 4.79. The summed E-state index contributed by atoms with van der Waals surface area (Å²) in [4.78, 5) is 13.7. The molecule has 0 aliphatic heterocycles. The predicted molar refractivity (Wildman–Crippen MR) is 77.0 cm³/mol. The molecule has 1 atom stereocenters. The van der Waals surface area contributed by atoms with Crippen LogP contribution in [-0.2, 0) is 11.3 Å². The van der Waals surface area contributed by atoms with Crippen molar-refractivity contribution in [2.75, 3.05) is 14.2 Å². The Bertz CT molecular complexity index is 390. The molecule has 4 heteroatoms. The number of benzene rings is 1. The summed E-state index contributed by atoms with van der Waals surface area (Å²) in [5.74, 6) is 0.821. The lowest BCUT2D eigenvalue weighted by molar-refractivity contribution is -0.132. The number of rotatable bonds is 7. The normalized spacial score (nSPS) is 12.0. The van der Waals surface area contributed by atoms with E-state index in [0.717, 1.165) is 30.6 Å². The number of carbonyl (C=O) groups excluding carboxylic acids is 1. The van der Waals surface area contributed by atoms with Gasteiger partial charge < -0.3 is 15.4 Å². The number of hydrogen-bond acceptors (Lipinski definition) is 3. The number of hydrogen-bond donors (Lipinski definition) is 1. The lowest BCUT2D eigenvalue weighted by atomic mass is 10.1. The molecule has 0 unspecified atom stereocenters. The summed E-state index contributed by atoms with van der Waals surface area (Å²) in [6.07, 6.45) is 2.80. The third-order valence-electron chi connectivity index (χ3n) is 3.14. The largest absolute Gasteiger partial charge is 0.497 e. The molecule has 1 amide bonds. The topological polar surface area (TPSA) is 55.6 Å². The molecule has 0 fully saturated rings. The molecular formula is C15H24N2O2. The SMILES string of the molecule is CCCC[C@H](N)C(=O)N(C)Cc1ccc(OC)cc1. The number of nitrogens with two attached hydrogens (primary N) is 1. The number of carbonyl (C=O) groups is 1. The molecule has 0 bridgehead atoms. The molecule has 106 valence electrons. The molecule has 0 saturated carbocycles. The van der Waals surface area contributed by atoms with Crippen LogP contribution in [0.15, 0.2) is 24.3 Å². The highest BCUT2D eigenvalue weighted by Gasteiger charge is 2.17. The van der Waals surface area contributed by atoms with Crippen LogP contribution >= 0.6 is 0 Å². The summed E-state index contributed by atoms with van der Waals surface area (Å²) in [6, 6.07) is 7.32. The number of amides is 1. The average Bonchev–Trinajstić information content (AvgIpc) is 2.44. The monoisotopic (exact) mass is 264 g/mol. The van der Waals surface area contributed by atoms with E-state index in [1.165, 1.54) is 0 Å². The molecule has 1 aromatic carbocycles. The molecule has 1 rings (SSSR count). The van der Waals surface area contributed by atoms with Crippen molar-refractivity contribution in [1.82, 2.24) is 4.90 Å². The van der Waals surface area contributed by atoms with Gasteiger partial charge in [0.05, 0.1) is 13.2 Å². The van der Waals surface area contributed by atoms with E-state index in [2.05, 4.69) is 6.92 Å². The van der Waals surface area contributed by atoms with Crippen molar-refractivity contribution in [3.05, 3.63) is 29.8 Å². The number of unbranched alkanes of at least 4 members (excludes halogenated alkanes) is 1. The molecule has 0 saturated heterocycles. The fourth-order valence-corrected chi connectivity index (χ4v) is 1.91. The van der Waals surface area contributed by atoms with E-state index in [4.69, 9.17) is 10.5 Å². The van der Waals surface area contributed by atoms with Gasteiger partial charge in [-0.1, -0.05) is 31.9 Å². The van der Waals surface area contributed by atoms with Crippen LogP contribution < -0.4 is 10.5 Å². The van der Waals surface area contributed by atoms with E-state index in [1.54, 1.807) is 19.1 Å². The van der Waals surface area contributed by atoms with E-state index >= 15 is 0 Å². The van der Waals surface area contributed by atoms with Gasteiger partial charge in [0.25, 0.3) is 0 Å². The maximum atomic E-state index is 12.1. The number of ether oxygens (including phenoxy) is 1. The second-order valence-corrected chi connectivity index (χ2v) is 4.79. The molecule has 19 heavy (non-hydrogen) atoms. The molecule has 0 aliphatic carbocycles. The summed E-state index contributed by atoms with van der Waals surface area (Å²) in [5.41, 5.74) is 6.96. The third kappa shape index (κ3) is 4.91. The van der Waals surface area contributed by atoms with Crippen LogP contribution in [0.1, 0.15) is 31.7 Å². The van der Waals surface area contributed by atoms with Crippen LogP contribution in [0, 0.1) is 0 Å². The van der Waals surface area contributed by atoms with E-state index in [1.807, 2.05) is 24.3 Å². The zero-order valence-electron chi connectivity index (χ0n) is 12.1. The van der Waals surface area contributed by atoms with Crippen molar-refractivity contribution in [2.24, 2.45) is 5.73 Å². The first-order chi connectivity index (χ1) is 9.08. The van der Waals surface area contributed by atoms with Gasteiger partial charge in [-0.2, -0.15) is 0 Å². The quantitative estimate of drug-likeness (QED) is 0.821. The first-order valence-corrected chi connectivity index (χ1v) is 6.72. The Morgan fingerprint density at radius 2 is 2.00 bits per heavy atom. The Labute approximate surface area is 115 Å². The molecule has 0 aliphatic rings. The predicted octanol–water partition coefficient (Wildman–Crippen LogP) is 2.17. The molecule has 2 N–H and O–H groups in total. The van der Waals surface area contributed by atoms with Crippen LogP contribution in [0.25, 0.3) is 0 Å². The van der Waals surface area contributed by atoms with Crippen molar-refractivity contribution >= 4 is 5.91 Å². The van der Waals surface area contributed by atoms with Gasteiger partial charge in [-0.15, -0.1) is 0 Å². The average molecular weight is 264 g/mol. The smallest absolute Gasteiger partial charge is 0.239 e. The first kappa shape index (κ1) is 15.5. The van der Waals surface area contributed by atoms with Gasteiger partial charge in [0.2, 0.25) is 5.91 Å². The minimum Gasteiger partial charge on any atom is -0.497 e. The summed E-state index contributed by atoms with van der Waals surface area (Å²) in [7, 11) is 3.43. The molecule has 4 nitrogen and oxygen atoms in total. The maximum absolute atomic E-state index is 12.1. The third-order valence-corrected chi connectivity index (χ3v) is 3.14. The van der Waals surface area contributed by atoms with Crippen LogP contribution in [0.2, 0.25) is 0 Å². The van der Waals surface area contributed by atoms with E-state index in [-0.39, 0.29) is 11.9 Å². The zero-order chi connectivity index (χ0) is 14.3. The number of likely N-dealkylation sites (N-methyl/N-ethyl adjacent to an activating group) is 1. The molecule has 0 aromatic heterocycles. The number of methoxy groups -OCH3 is 1. The van der Waals surface area contributed by atoms with Gasteiger partial charge >= 0.3 is 0 Å². The van der Waals surface area contributed by atoms with Crippen LogP contribution in [0.3, 0.4) is 0 Å². The van der Waals surface area contributed by atoms with Crippen molar-refractivity contribution in [1.29, 1.82) is 0 Å². The Morgan fingerprint density at radius 3 is 2.53 bits per heavy atom. The van der Waals surface area contributed by atoms with Gasteiger partial charge in [-0.25, -0.2) is 0 Å². The first-order valence-electron chi connectivity index (χ1n) is 6.72. The van der Waals surface area contributed by atoms with E-state index in [9.17, 15) is 4.79 Å². The van der Waals surface area contributed by atoms with Crippen molar-refractivity contribution in [3.63, 3.8) is 0 Å². The minimum absolute atomic E-state index is 0.00395. The molecule has 0 heterocycles. The molecule has 0 spiro atoms. The Hall–Kier alpha value is -1.55. The highest BCUT2D eigenvalue weighted by atomic mass is 16.5. The van der Waals surface area contributed by atoms with Gasteiger partial charge in [-0.3, -0.25) is 4.79 Å². The second kappa shape index (κ2) is 7.79. The molecular weight excluding hydrogens is 240 g/mol. The standard InChI is InChI=1S/C15H24N2O2/c1-4-5-6-14(16)15(18)17(2)11-12-7-9-13(19-3)10-8-12/h7-10,14H,4-6,11,16H2,1-3H3/t14-/m0/s1. The van der Waals surface area contributed by atoms with Crippen molar-refractivity contribution in [2.45, 2.75) is 38.8 Å². The molecule has 1 aromatic rings. The van der Waals surface area contributed by atoms with Gasteiger partial charge in [0, 0.05) is 13.6 Å². The Balaban J connectivity index is 2.52. The zero-order valence-corrected chi connectivity index (χ0v) is 12.1. The highest BCUT2D eigenvalue weighted by molar-refractivity contribution is 5.81. The fourth-order valence-electron chi connectivity index (χ4n) is 1.91. The maximum Gasteiger partial charge on any atom is 0.239 e. The summed E-state index contributed by atoms with van der Waals surface area (Å²) in [6.45, 7) is 2.67. The fraction of sp³-hybridized carbons (Fsp3) is 0.533. The van der Waals surface area contributed by atoms with Gasteiger partial charge in [0.1, 0.15) is 5.75 Å². The van der Waals surface area contributed by atoms with Crippen molar-refractivity contribution in [3.8, 4) is 5.75 Å². The molecule has 0 radical (unpaired) electrons. The lowest BCUT2D eigenvalue weighted by Crippen LogP contribution is -2.41. The van der Waals surface area contributed by atoms with Crippen molar-refractivity contribution < 1.29 is 9.53 Å². The summed E-state index contributed by atoms with van der Waals surface area (Å²) < 4.78 is 5.10. The Kier molecular flexibility index (Phi) is 6.36. The Morgan fingerprint density at radius 1 is 1.37 bits per heavy atom. The summed E-state index contributed by atoms with van der Waals surface area (Å²) in [5, 5.41) is 0.